The quantitative estimate of drug-likeness (QED) is 0.711. The van der Waals surface area contributed by atoms with Gasteiger partial charge in [-0.15, -0.1) is 13.2 Å². The molecule has 1 aliphatic rings. The lowest BCUT2D eigenvalue weighted by Crippen LogP contribution is -2.26. The van der Waals surface area contributed by atoms with Crippen LogP contribution in [0.15, 0.2) is 43.8 Å². The molecule has 1 aromatic heterocycles. The Morgan fingerprint density at radius 2 is 2.06 bits per heavy atom. The van der Waals surface area contributed by atoms with E-state index in [1.165, 1.54) is 24.1 Å². The predicted octanol–water partition coefficient (Wildman–Crippen LogP) is 2.51. The smallest absolute Gasteiger partial charge is 0.0603 e. The van der Waals surface area contributed by atoms with Crippen LogP contribution in [0.3, 0.4) is 0 Å². The van der Waals surface area contributed by atoms with Gasteiger partial charge in [-0.1, -0.05) is 12.2 Å². The molecule has 0 saturated heterocycles. The van der Waals surface area contributed by atoms with Crippen LogP contribution in [0.1, 0.15) is 18.4 Å². The molecule has 3 heteroatoms. The zero-order valence-corrected chi connectivity index (χ0v) is 10.8. The number of nitrogens with one attached hydrogen (secondary N) is 1. The summed E-state index contributed by atoms with van der Waals surface area (Å²) in [4.78, 5) is 6.47. The van der Waals surface area contributed by atoms with Gasteiger partial charge in [0.1, 0.15) is 0 Å². The Kier molecular flexibility index (Phi) is 4.53. The van der Waals surface area contributed by atoms with Crippen molar-refractivity contribution < 1.29 is 0 Å². The van der Waals surface area contributed by atoms with Gasteiger partial charge in [-0.2, -0.15) is 0 Å². The van der Waals surface area contributed by atoms with Gasteiger partial charge in [0.2, 0.25) is 0 Å². The second-order valence-corrected chi connectivity index (χ2v) is 4.64. The fourth-order valence-corrected chi connectivity index (χ4v) is 1.97. The maximum Gasteiger partial charge on any atom is 0.0603 e. The van der Waals surface area contributed by atoms with E-state index < -0.39 is 0 Å². The molecule has 0 spiro atoms. The highest BCUT2D eigenvalue weighted by Gasteiger charge is 2.20. The molecular formula is C15H21N3. The van der Waals surface area contributed by atoms with Gasteiger partial charge in [-0.05, 0) is 24.5 Å². The van der Waals surface area contributed by atoms with Gasteiger partial charge in [0.05, 0.1) is 11.9 Å². The summed E-state index contributed by atoms with van der Waals surface area (Å²) in [6.45, 7) is 10.2. The Labute approximate surface area is 109 Å². The molecule has 1 N–H and O–H groups in total. The summed E-state index contributed by atoms with van der Waals surface area (Å²) in [7, 11) is 0. The van der Waals surface area contributed by atoms with E-state index in [1.807, 2.05) is 24.5 Å². The minimum Gasteiger partial charge on any atom is -0.363 e. The van der Waals surface area contributed by atoms with Crippen LogP contribution in [0.5, 0.6) is 0 Å². The molecule has 1 fully saturated rings. The SMILES string of the molecule is C=CCN(CC=C)c1cnccc1CNC1CC1. The zero-order chi connectivity index (χ0) is 12.8. The molecule has 0 amide bonds. The van der Waals surface area contributed by atoms with Gasteiger partial charge in [-0.25, -0.2) is 0 Å². The summed E-state index contributed by atoms with van der Waals surface area (Å²) in [6, 6.07) is 2.81. The Morgan fingerprint density at radius 1 is 1.33 bits per heavy atom. The molecule has 0 aromatic carbocycles. The Hall–Kier alpha value is -1.61. The summed E-state index contributed by atoms with van der Waals surface area (Å²) in [5.74, 6) is 0. The molecule has 1 heterocycles. The molecule has 2 rings (SSSR count). The normalized spacial score (nSPS) is 14.2. The van der Waals surface area contributed by atoms with E-state index in [0.29, 0.717) is 0 Å². The molecular weight excluding hydrogens is 222 g/mol. The molecule has 0 atom stereocenters. The molecule has 0 radical (unpaired) electrons. The van der Waals surface area contributed by atoms with Crippen molar-refractivity contribution in [2.45, 2.75) is 25.4 Å². The second kappa shape index (κ2) is 6.36. The van der Waals surface area contributed by atoms with E-state index in [-0.39, 0.29) is 0 Å². The van der Waals surface area contributed by atoms with Gasteiger partial charge in [0, 0.05) is 31.9 Å². The lowest BCUT2D eigenvalue weighted by Gasteiger charge is -2.24. The van der Waals surface area contributed by atoms with Crippen molar-refractivity contribution in [3.8, 4) is 0 Å². The number of nitrogens with zero attached hydrogens (tertiary/aromatic N) is 2. The van der Waals surface area contributed by atoms with Crippen LogP contribution in [-0.4, -0.2) is 24.1 Å². The monoisotopic (exact) mass is 243 g/mol. The predicted molar refractivity (Wildman–Crippen MR) is 76.7 cm³/mol. The van der Waals surface area contributed by atoms with Gasteiger partial charge in [-0.3, -0.25) is 4.98 Å². The summed E-state index contributed by atoms with van der Waals surface area (Å²) >= 11 is 0. The molecule has 0 aliphatic heterocycles. The number of pyridine rings is 1. The highest BCUT2D eigenvalue weighted by atomic mass is 15.1. The second-order valence-electron chi connectivity index (χ2n) is 4.64. The first kappa shape index (κ1) is 12.8. The van der Waals surface area contributed by atoms with E-state index in [0.717, 1.165) is 25.7 Å². The number of rotatable bonds is 8. The highest BCUT2D eigenvalue weighted by molar-refractivity contribution is 5.52. The third-order valence-electron chi connectivity index (χ3n) is 3.09. The van der Waals surface area contributed by atoms with Crippen LogP contribution in [-0.2, 0) is 6.54 Å². The standard InChI is InChI=1S/C15H21N3/c1-3-9-18(10-4-2)15-12-16-8-7-13(15)11-17-14-5-6-14/h3-4,7-8,12,14,17H,1-2,5-6,9-11H2. The van der Waals surface area contributed by atoms with Crippen LogP contribution in [0.4, 0.5) is 5.69 Å². The number of anilines is 1. The fraction of sp³-hybridized carbons (Fsp3) is 0.400. The fourth-order valence-electron chi connectivity index (χ4n) is 1.97. The molecule has 1 aromatic rings. The van der Waals surface area contributed by atoms with E-state index in [2.05, 4.69) is 34.4 Å². The summed E-state index contributed by atoms with van der Waals surface area (Å²) in [5, 5.41) is 3.55. The number of aromatic nitrogens is 1. The Balaban J connectivity index is 2.11. The molecule has 0 unspecified atom stereocenters. The zero-order valence-electron chi connectivity index (χ0n) is 10.8. The Bertz CT molecular complexity index is 400. The first-order valence-corrected chi connectivity index (χ1v) is 6.48. The largest absolute Gasteiger partial charge is 0.363 e. The topological polar surface area (TPSA) is 28.2 Å². The minimum absolute atomic E-state index is 0.721. The number of hydrogen-bond donors (Lipinski definition) is 1. The highest BCUT2D eigenvalue weighted by Crippen LogP contribution is 2.23. The molecule has 0 bridgehead atoms. The van der Waals surface area contributed by atoms with Crippen LogP contribution in [0.25, 0.3) is 0 Å². The minimum atomic E-state index is 0.721. The summed E-state index contributed by atoms with van der Waals surface area (Å²) in [6.07, 6.45) is 10.2. The lowest BCUT2D eigenvalue weighted by molar-refractivity contribution is 0.685. The molecule has 3 nitrogen and oxygen atoms in total. The van der Waals surface area contributed by atoms with Gasteiger partial charge in [0.15, 0.2) is 0 Å². The van der Waals surface area contributed by atoms with Crippen molar-refractivity contribution >= 4 is 5.69 Å². The number of hydrogen-bond acceptors (Lipinski definition) is 3. The van der Waals surface area contributed by atoms with Gasteiger partial charge >= 0.3 is 0 Å². The third-order valence-corrected chi connectivity index (χ3v) is 3.09. The molecule has 18 heavy (non-hydrogen) atoms. The van der Waals surface area contributed by atoms with E-state index >= 15 is 0 Å². The molecule has 1 saturated carbocycles. The lowest BCUT2D eigenvalue weighted by atomic mass is 10.2. The molecule has 1 aliphatic carbocycles. The van der Waals surface area contributed by atoms with Crippen molar-refractivity contribution in [1.29, 1.82) is 0 Å². The van der Waals surface area contributed by atoms with Crippen LogP contribution in [0.2, 0.25) is 0 Å². The van der Waals surface area contributed by atoms with Crippen LogP contribution >= 0.6 is 0 Å². The third kappa shape index (κ3) is 3.44. The van der Waals surface area contributed by atoms with E-state index in [4.69, 9.17) is 0 Å². The first-order valence-electron chi connectivity index (χ1n) is 6.48. The van der Waals surface area contributed by atoms with Crippen LogP contribution < -0.4 is 10.2 Å². The average molecular weight is 243 g/mol. The van der Waals surface area contributed by atoms with Crippen molar-refractivity contribution in [2.75, 3.05) is 18.0 Å². The maximum absolute atomic E-state index is 4.24. The van der Waals surface area contributed by atoms with Gasteiger partial charge < -0.3 is 10.2 Å². The van der Waals surface area contributed by atoms with Crippen molar-refractivity contribution in [3.05, 3.63) is 49.3 Å². The molecule has 96 valence electrons. The van der Waals surface area contributed by atoms with Crippen molar-refractivity contribution in [1.82, 2.24) is 10.3 Å². The summed E-state index contributed by atoms with van der Waals surface area (Å²) < 4.78 is 0. The Morgan fingerprint density at radius 3 is 2.67 bits per heavy atom. The van der Waals surface area contributed by atoms with Crippen molar-refractivity contribution in [3.63, 3.8) is 0 Å². The summed E-state index contributed by atoms with van der Waals surface area (Å²) in [5.41, 5.74) is 2.46. The van der Waals surface area contributed by atoms with Gasteiger partial charge in [0.25, 0.3) is 0 Å². The average Bonchev–Trinajstić information content (AvgIpc) is 3.21. The van der Waals surface area contributed by atoms with Crippen molar-refractivity contribution in [2.24, 2.45) is 0 Å². The van der Waals surface area contributed by atoms with E-state index in [9.17, 15) is 0 Å². The first-order chi connectivity index (χ1) is 8.85. The maximum atomic E-state index is 4.24. The van der Waals surface area contributed by atoms with E-state index in [1.54, 1.807) is 0 Å². The van der Waals surface area contributed by atoms with Crippen LogP contribution in [0, 0.1) is 0 Å².